The van der Waals surface area contributed by atoms with E-state index in [-0.39, 0.29) is 58.5 Å². The third-order valence-electron chi connectivity index (χ3n) is 8.64. The van der Waals surface area contributed by atoms with E-state index in [0.717, 1.165) is 17.7 Å². The minimum atomic E-state index is -0.908. The molecule has 1 aliphatic carbocycles. The second kappa shape index (κ2) is 14.9. The number of halogens is 2. The highest BCUT2D eigenvalue weighted by Crippen LogP contribution is 2.38. The van der Waals surface area contributed by atoms with Gasteiger partial charge in [0.05, 0.1) is 59.3 Å². The zero-order valence-electron chi connectivity index (χ0n) is 25.7. The number of carbonyl (C=O) groups excluding carboxylic acids is 2. The van der Waals surface area contributed by atoms with Crippen molar-refractivity contribution in [1.82, 2.24) is 15.2 Å². The first kappa shape index (κ1) is 33.1. The van der Waals surface area contributed by atoms with Crippen molar-refractivity contribution in [2.45, 2.75) is 51.7 Å². The lowest BCUT2D eigenvalue weighted by Gasteiger charge is -2.42. The Balaban J connectivity index is 1.23. The standard InChI is InChI=1S/C33H41Cl2N5O5/c1-3-44-28-10-9-20(17-29(28)45-4-2)32-23-7-5-6-8-24(23)33(43)40(38-32)22-11-13-39(14-12-22)30(42)19-37-18-27(41)21-15-25(34)31(36)26(35)16-21/h5-6,9-10,15-17,22-24,27,37,41H,3-4,7-8,11-14,18-19,36H2,1-2H3/t23-,24+,27?/m0/s1. The van der Waals surface area contributed by atoms with Gasteiger partial charge in [0.25, 0.3) is 0 Å². The molecule has 3 atom stereocenters. The Bertz CT molecular complexity index is 1440. The van der Waals surface area contributed by atoms with Crippen molar-refractivity contribution in [2.75, 3.05) is 45.1 Å². The van der Waals surface area contributed by atoms with Gasteiger partial charge in [0.1, 0.15) is 0 Å². The molecule has 0 saturated carbocycles. The Morgan fingerprint density at radius 3 is 2.36 bits per heavy atom. The van der Waals surface area contributed by atoms with Crippen LogP contribution in [0.2, 0.25) is 10.0 Å². The Hall–Kier alpha value is -3.31. The molecular formula is C33H41Cl2N5O5. The maximum Gasteiger partial charge on any atom is 0.247 e. The van der Waals surface area contributed by atoms with Crippen LogP contribution in [0, 0.1) is 11.8 Å². The number of rotatable bonds is 11. The predicted octanol–water partition coefficient (Wildman–Crippen LogP) is 4.82. The first-order valence-electron chi connectivity index (χ1n) is 15.6. The second-order valence-electron chi connectivity index (χ2n) is 11.5. The number of aliphatic hydroxyl groups is 1. The van der Waals surface area contributed by atoms with E-state index in [9.17, 15) is 14.7 Å². The van der Waals surface area contributed by atoms with E-state index in [2.05, 4.69) is 17.5 Å². The predicted molar refractivity (Wildman–Crippen MR) is 176 cm³/mol. The topological polar surface area (TPSA) is 130 Å². The summed E-state index contributed by atoms with van der Waals surface area (Å²) < 4.78 is 11.7. The van der Waals surface area contributed by atoms with Crippen LogP contribution >= 0.6 is 23.2 Å². The maximum absolute atomic E-state index is 13.7. The first-order chi connectivity index (χ1) is 21.7. The molecule has 0 aromatic heterocycles. The summed E-state index contributed by atoms with van der Waals surface area (Å²) in [5.41, 5.74) is 8.37. The third kappa shape index (κ3) is 7.41. The largest absolute Gasteiger partial charge is 0.490 e. The van der Waals surface area contributed by atoms with Crippen LogP contribution in [0.15, 0.2) is 47.6 Å². The quantitative estimate of drug-likeness (QED) is 0.233. The zero-order chi connectivity index (χ0) is 32.1. The summed E-state index contributed by atoms with van der Waals surface area (Å²) in [4.78, 5) is 28.5. The van der Waals surface area contributed by atoms with Crippen molar-refractivity contribution in [2.24, 2.45) is 16.9 Å². The molecule has 3 aliphatic rings. The lowest BCUT2D eigenvalue weighted by Crippen LogP contribution is -2.53. The Kier molecular flexibility index (Phi) is 10.9. The fraction of sp³-hybridized carbons (Fsp3) is 0.485. The molecule has 2 heterocycles. The Morgan fingerprint density at radius 1 is 1.04 bits per heavy atom. The van der Waals surface area contributed by atoms with Crippen molar-refractivity contribution < 1.29 is 24.2 Å². The number of allylic oxidation sites excluding steroid dienone is 2. The number of anilines is 1. The molecule has 1 saturated heterocycles. The number of hydrogen-bond acceptors (Lipinski definition) is 8. The van der Waals surface area contributed by atoms with E-state index < -0.39 is 6.10 Å². The average molecular weight is 659 g/mol. The molecular weight excluding hydrogens is 617 g/mol. The van der Waals surface area contributed by atoms with Gasteiger partial charge in [0, 0.05) is 31.1 Å². The van der Waals surface area contributed by atoms with Crippen molar-refractivity contribution in [3.8, 4) is 11.5 Å². The number of nitrogen functional groups attached to an aromatic ring is 1. The number of nitrogens with one attached hydrogen (secondary N) is 1. The highest BCUT2D eigenvalue weighted by Gasteiger charge is 2.43. The smallest absolute Gasteiger partial charge is 0.247 e. The molecule has 242 valence electrons. The number of hydrogen-bond donors (Lipinski definition) is 3. The molecule has 2 amide bonds. The van der Waals surface area contributed by atoms with Gasteiger partial charge in [-0.05, 0) is 75.4 Å². The molecule has 1 fully saturated rings. The monoisotopic (exact) mass is 657 g/mol. The van der Waals surface area contributed by atoms with Gasteiger partial charge < -0.3 is 30.5 Å². The first-order valence-corrected chi connectivity index (χ1v) is 16.3. The van der Waals surface area contributed by atoms with E-state index in [1.807, 2.05) is 32.0 Å². The summed E-state index contributed by atoms with van der Waals surface area (Å²) in [6, 6.07) is 8.91. The van der Waals surface area contributed by atoms with E-state index in [0.29, 0.717) is 62.6 Å². The highest BCUT2D eigenvalue weighted by atomic mass is 35.5. The van der Waals surface area contributed by atoms with Crippen LogP contribution in [-0.4, -0.2) is 78.0 Å². The van der Waals surface area contributed by atoms with Gasteiger partial charge in [-0.3, -0.25) is 9.59 Å². The summed E-state index contributed by atoms with van der Waals surface area (Å²) in [7, 11) is 0. The molecule has 12 heteroatoms. The van der Waals surface area contributed by atoms with E-state index in [4.69, 9.17) is 43.5 Å². The number of aliphatic hydroxyl groups excluding tert-OH is 1. The summed E-state index contributed by atoms with van der Waals surface area (Å²) in [6.07, 6.45) is 6.00. The SMILES string of the molecule is CCOc1ccc(C2=NN(C3CCN(C(=O)CNCC(O)c4cc(Cl)c(N)c(Cl)c4)CC3)C(=O)[C@@H]3CC=CC[C@H]23)cc1OCC. The normalized spacial score (nSPS) is 20.9. The molecule has 0 bridgehead atoms. The number of amides is 2. The van der Waals surface area contributed by atoms with Crippen LogP contribution < -0.4 is 20.5 Å². The fourth-order valence-corrected chi connectivity index (χ4v) is 6.75. The van der Waals surface area contributed by atoms with Gasteiger partial charge in [0.2, 0.25) is 11.8 Å². The maximum atomic E-state index is 13.7. The van der Waals surface area contributed by atoms with Gasteiger partial charge in [0.15, 0.2) is 11.5 Å². The number of nitrogens with zero attached hydrogens (tertiary/aromatic N) is 3. The zero-order valence-corrected chi connectivity index (χ0v) is 27.2. The van der Waals surface area contributed by atoms with Gasteiger partial charge >= 0.3 is 0 Å². The summed E-state index contributed by atoms with van der Waals surface area (Å²) in [5.74, 6) is 1.15. The molecule has 0 spiro atoms. The molecule has 2 aromatic rings. The second-order valence-corrected chi connectivity index (χ2v) is 12.3. The van der Waals surface area contributed by atoms with Gasteiger partial charge in [-0.25, -0.2) is 5.01 Å². The number of ether oxygens (including phenoxy) is 2. The molecule has 2 aromatic carbocycles. The van der Waals surface area contributed by atoms with Gasteiger partial charge in [-0.2, -0.15) is 5.10 Å². The van der Waals surface area contributed by atoms with Crippen LogP contribution in [0.5, 0.6) is 11.5 Å². The van der Waals surface area contributed by atoms with Crippen LogP contribution in [0.1, 0.15) is 56.8 Å². The van der Waals surface area contributed by atoms with E-state index in [1.54, 1.807) is 22.0 Å². The molecule has 45 heavy (non-hydrogen) atoms. The van der Waals surface area contributed by atoms with Crippen LogP contribution in [0.3, 0.4) is 0 Å². The third-order valence-corrected chi connectivity index (χ3v) is 9.27. The summed E-state index contributed by atoms with van der Waals surface area (Å²) in [6.45, 7) is 6.15. The number of fused-ring (bicyclic) bond motifs is 1. The molecule has 0 radical (unpaired) electrons. The minimum Gasteiger partial charge on any atom is -0.490 e. The molecule has 4 N–H and O–H groups in total. The van der Waals surface area contributed by atoms with Crippen molar-refractivity contribution >= 4 is 46.4 Å². The summed E-state index contributed by atoms with van der Waals surface area (Å²) in [5, 5.41) is 20.8. The minimum absolute atomic E-state index is 0.00504. The van der Waals surface area contributed by atoms with Crippen molar-refractivity contribution in [3.05, 3.63) is 63.7 Å². The lowest BCUT2D eigenvalue weighted by atomic mass is 9.76. The van der Waals surface area contributed by atoms with Crippen LogP contribution in [0.4, 0.5) is 5.69 Å². The molecule has 1 unspecified atom stereocenters. The van der Waals surface area contributed by atoms with Gasteiger partial charge in [-0.1, -0.05) is 35.4 Å². The van der Waals surface area contributed by atoms with Crippen LogP contribution in [-0.2, 0) is 9.59 Å². The van der Waals surface area contributed by atoms with E-state index >= 15 is 0 Å². The Morgan fingerprint density at radius 2 is 1.69 bits per heavy atom. The molecule has 10 nitrogen and oxygen atoms in total. The van der Waals surface area contributed by atoms with Crippen molar-refractivity contribution in [3.63, 3.8) is 0 Å². The number of benzene rings is 2. The summed E-state index contributed by atoms with van der Waals surface area (Å²) >= 11 is 12.2. The molecule has 2 aliphatic heterocycles. The number of nitrogens with two attached hydrogens (primary N) is 1. The van der Waals surface area contributed by atoms with Crippen molar-refractivity contribution in [1.29, 1.82) is 0 Å². The lowest BCUT2D eigenvalue weighted by molar-refractivity contribution is -0.142. The number of piperidine rings is 1. The van der Waals surface area contributed by atoms with Gasteiger partial charge in [-0.15, -0.1) is 0 Å². The number of carbonyl (C=O) groups is 2. The van der Waals surface area contributed by atoms with Crippen LogP contribution in [0.25, 0.3) is 0 Å². The Labute approximate surface area is 274 Å². The average Bonchev–Trinajstić information content (AvgIpc) is 3.05. The number of likely N-dealkylation sites (tertiary alicyclic amines) is 1. The number of hydrazone groups is 1. The molecule has 5 rings (SSSR count). The fourth-order valence-electron chi connectivity index (χ4n) is 6.24. The highest BCUT2D eigenvalue weighted by molar-refractivity contribution is 6.38. The van der Waals surface area contributed by atoms with E-state index in [1.165, 1.54) is 0 Å².